The van der Waals surface area contributed by atoms with Gasteiger partial charge in [-0.1, -0.05) is 60.7 Å². The molecule has 1 aromatic heterocycles. The molecule has 0 bridgehead atoms. The van der Waals surface area contributed by atoms with Gasteiger partial charge in [0.15, 0.2) is 0 Å². The molecule has 0 aliphatic carbocycles. The monoisotopic (exact) mass is 476 g/mol. The molecule has 0 unspecified atom stereocenters. The van der Waals surface area contributed by atoms with Crippen molar-refractivity contribution < 1.29 is 23.4 Å². The number of ether oxygens (including phenoxy) is 2. The van der Waals surface area contributed by atoms with Gasteiger partial charge >= 0.3 is 0 Å². The van der Waals surface area contributed by atoms with Crippen LogP contribution >= 0.6 is 0 Å². The zero-order valence-electron chi connectivity index (χ0n) is 19.3. The smallest absolute Gasteiger partial charge is 0.225 e. The number of aliphatic hydroxyl groups excluding tert-OH is 1. The van der Waals surface area contributed by atoms with Crippen molar-refractivity contribution in [1.29, 1.82) is 0 Å². The number of anilines is 1. The van der Waals surface area contributed by atoms with Crippen LogP contribution in [0.5, 0.6) is 11.8 Å². The molecule has 3 aromatic carbocycles. The number of benzene rings is 3. The maximum Gasteiger partial charge on any atom is 0.225 e. The van der Waals surface area contributed by atoms with Gasteiger partial charge < -0.3 is 19.5 Å². The molecule has 0 fully saturated rings. The van der Waals surface area contributed by atoms with E-state index < -0.39 is 11.6 Å². The number of rotatable bonds is 10. The molecular weight excluding hydrogens is 450 g/mol. The first-order valence-electron chi connectivity index (χ1n) is 11.2. The molecule has 0 spiro atoms. The summed E-state index contributed by atoms with van der Waals surface area (Å²) in [5.74, 6) is -1.17. The van der Waals surface area contributed by atoms with E-state index in [1.165, 1.54) is 12.1 Å². The Balaban J connectivity index is 1.66. The van der Waals surface area contributed by atoms with Gasteiger partial charge in [0.05, 0.1) is 17.7 Å². The van der Waals surface area contributed by atoms with Crippen LogP contribution in [-0.2, 0) is 13.2 Å². The lowest BCUT2D eigenvalue weighted by Gasteiger charge is -2.20. The summed E-state index contributed by atoms with van der Waals surface area (Å²) in [6.45, 7) is 0.579. The summed E-state index contributed by atoms with van der Waals surface area (Å²) in [5.41, 5.74) is 2.11. The van der Waals surface area contributed by atoms with Crippen LogP contribution in [0, 0.1) is 11.6 Å². The van der Waals surface area contributed by atoms with Crippen LogP contribution in [0.25, 0.3) is 11.1 Å². The minimum atomic E-state index is -0.755. The molecule has 4 aromatic rings. The van der Waals surface area contributed by atoms with Gasteiger partial charge in [-0.25, -0.2) is 8.78 Å². The van der Waals surface area contributed by atoms with Gasteiger partial charge in [-0.05, 0) is 29.3 Å². The van der Waals surface area contributed by atoms with E-state index in [0.29, 0.717) is 12.3 Å². The second-order valence-electron chi connectivity index (χ2n) is 7.98. The van der Waals surface area contributed by atoms with Crippen molar-refractivity contribution in [3.05, 3.63) is 108 Å². The first-order valence-corrected chi connectivity index (χ1v) is 11.2. The average molecular weight is 477 g/mol. The lowest BCUT2D eigenvalue weighted by Crippen LogP contribution is -2.21. The number of hydrogen-bond donors (Lipinski definition) is 1. The van der Waals surface area contributed by atoms with Gasteiger partial charge in [-0.3, -0.25) is 0 Å². The molecule has 4 rings (SSSR count). The van der Waals surface area contributed by atoms with Crippen molar-refractivity contribution >= 4 is 5.69 Å². The Morgan fingerprint density at radius 2 is 1.37 bits per heavy atom. The molecule has 7 heteroatoms. The Bertz CT molecular complexity index is 1230. The van der Waals surface area contributed by atoms with Crippen LogP contribution in [0.3, 0.4) is 0 Å². The Morgan fingerprint density at radius 3 is 1.94 bits per heavy atom. The quantitative estimate of drug-likeness (QED) is 0.322. The van der Waals surface area contributed by atoms with Gasteiger partial charge in [0.25, 0.3) is 0 Å². The highest BCUT2D eigenvalue weighted by molar-refractivity contribution is 5.72. The van der Waals surface area contributed by atoms with Crippen molar-refractivity contribution in [2.45, 2.75) is 13.2 Å². The van der Waals surface area contributed by atoms with Crippen LogP contribution in [-0.4, -0.2) is 30.3 Å². The van der Waals surface area contributed by atoms with Crippen molar-refractivity contribution in [3.8, 4) is 22.9 Å². The lowest BCUT2D eigenvalue weighted by atomic mass is 10.0. The van der Waals surface area contributed by atoms with E-state index in [0.717, 1.165) is 11.1 Å². The van der Waals surface area contributed by atoms with E-state index in [1.807, 2.05) is 60.7 Å². The first kappa shape index (κ1) is 24.2. The van der Waals surface area contributed by atoms with Crippen molar-refractivity contribution in [1.82, 2.24) is 4.98 Å². The van der Waals surface area contributed by atoms with Crippen molar-refractivity contribution in [3.63, 3.8) is 0 Å². The molecule has 0 aliphatic rings. The van der Waals surface area contributed by atoms with Crippen molar-refractivity contribution in [2.24, 2.45) is 0 Å². The maximum atomic E-state index is 15.2. The summed E-state index contributed by atoms with van der Waals surface area (Å²) in [4.78, 5) is 6.00. The van der Waals surface area contributed by atoms with E-state index in [9.17, 15) is 0 Å². The van der Waals surface area contributed by atoms with Gasteiger partial charge in [0.1, 0.15) is 24.8 Å². The third-order valence-corrected chi connectivity index (χ3v) is 5.46. The zero-order valence-corrected chi connectivity index (χ0v) is 19.3. The number of likely N-dealkylation sites (N-methyl/N-ethyl adjacent to an activating group) is 1. The van der Waals surface area contributed by atoms with E-state index in [4.69, 9.17) is 14.6 Å². The summed E-state index contributed by atoms with van der Waals surface area (Å²) in [6.07, 6.45) is 0. The zero-order chi connectivity index (χ0) is 24.6. The summed E-state index contributed by atoms with van der Waals surface area (Å²) in [6, 6.07) is 24.6. The number of halogens is 2. The molecule has 180 valence electrons. The molecule has 0 atom stereocenters. The number of aliphatic hydroxyl groups is 1. The first-order chi connectivity index (χ1) is 17.0. The van der Waals surface area contributed by atoms with E-state index in [-0.39, 0.29) is 42.6 Å². The van der Waals surface area contributed by atoms with Crippen LogP contribution in [0.1, 0.15) is 11.1 Å². The maximum absolute atomic E-state index is 15.2. The summed E-state index contributed by atoms with van der Waals surface area (Å²) in [7, 11) is 1.65. The Kier molecular flexibility index (Phi) is 7.90. The van der Waals surface area contributed by atoms with Gasteiger partial charge in [-0.2, -0.15) is 4.98 Å². The fourth-order valence-corrected chi connectivity index (χ4v) is 3.58. The summed E-state index contributed by atoms with van der Waals surface area (Å²) in [5, 5.41) is 9.14. The predicted octanol–water partition coefficient (Wildman–Crippen LogP) is 5.61. The van der Waals surface area contributed by atoms with Gasteiger partial charge in [0, 0.05) is 25.3 Å². The molecule has 5 nitrogen and oxygen atoms in total. The lowest BCUT2D eigenvalue weighted by molar-refractivity contribution is 0.268. The minimum Gasteiger partial charge on any atom is -0.473 e. The Morgan fingerprint density at radius 1 is 0.800 bits per heavy atom. The highest BCUT2D eigenvalue weighted by atomic mass is 19.1. The number of nitrogens with zero attached hydrogens (tertiary/aromatic N) is 2. The normalized spacial score (nSPS) is 10.7. The summed E-state index contributed by atoms with van der Waals surface area (Å²) >= 11 is 0. The molecule has 0 radical (unpaired) electrons. The molecule has 0 saturated heterocycles. The fraction of sp³-hybridized carbons (Fsp3) is 0.179. The number of hydrogen-bond acceptors (Lipinski definition) is 5. The van der Waals surface area contributed by atoms with Crippen molar-refractivity contribution in [2.75, 3.05) is 25.1 Å². The predicted molar refractivity (Wildman–Crippen MR) is 131 cm³/mol. The third kappa shape index (κ3) is 6.13. The van der Waals surface area contributed by atoms with Gasteiger partial charge in [0.2, 0.25) is 11.8 Å². The topological polar surface area (TPSA) is 54.8 Å². The highest BCUT2D eigenvalue weighted by Gasteiger charge is 2.20. The molecular formula is C28H26F2N2O3. The SMILES string of the molecule is CN(CCO)c1cc(F)c(-c2ccc(OCc3ccccc3)nc2OCc2ccccc2)c(F)c1. The molecule has 0 aliphatic heterocycles. The second-order valence-corrected chi connectivity index (χ2v) is 7.98. The average Bonchev–Trinajstić information content (AvgIpc) is 2.88. The molecule has 1 N–H and O–H groups in total. The standard InChI is InChI=1S/C28H26F2N2O3/c1-32(14-15-33)22-16-24(29)27(25(30)17-22)23-12-13-26(34-18-20-8-4-2-5-9-20)31-28(23)35-19-21-10-6-3-7-11-21/h2-13,16-17,33H,14-15,18-19H2,1H3. The second kappa shape index (κ2) is 11.4. The fourth-order valence-electron chi connectivity index (χ4n) is 3.58. The summed E-state index contributed by atoms with van der Waals surface area (Å²) < 4.78 is 42.1. The van der Waals surface area contributed by atoms with E-state index in [1.54, 1.807) is 24.1 Å². The Labute approximate surface area is 203 Å². The molecule has 1 heterocycles. The van der Waals surface area contributed by atoms with E-state index in [2.05, 4.69) is 4.98 Å². The van der Waals surface area contributed by atoms with Gasteiger partial charge in [-0.15, -0.1) is 0 Å². The van der Waals surface area contributed by atoms with Crippen LogP contribution in [0.4, 0.5) is 14.5 Å². The number of pyridine rings is 1. The number of aromatic nitrogens is 1. The largest absolute Gasteiger partial charge is 0.473 e. The van der Waals surface area contributed by atoms with Crippen LogP contribution in [0.2, 0.25) is 0 Å². The minimum absolute atomic E-state index is 0.0636. The molecule has 0 amide bonds. The highest BCUT2D eigenvalue weighted by Crippen LogP contribution is 2.36. The molecule has 0 saturated carbocycles. The van der Waals surface area contributed by atoms with Crippen LogP contribution in [0.15, 0.2) is 84.9 Å². The van der Waals surface area contributed by atoms with Crippen LogP contribution < -0.4 is 14.4 Å². The Hall–Kier alpha value is -3.97. The third-order valence-electron chi connectivity index (χ3n) is 5.46. The van der Waals surface area contributed by atoms with E-state index >= 15 is 8.78 Å². The molecule has 35 heavy (non-hydrogen) atoms.